The fourth-order valence-electron chi connectivity index (χ4n) is 0.944. The molecule has 0 amide bonds. The van der Waals surface area contributed by atoms with Gasteiger partial charge in [0.05, 0.1) is 0 Å². The number of nitrogens with one attached hydrogen (secondary N) is 1. The second kappa shape index (κ2) is 13.0. The Labute approximate surface area is 80.2 Å². The zero-order chi connectivity index (χ0) is 7.66. The van der Waals surface area contributed by atoms with Crippen LogP contribution in [-0.4, -0.2) is 25.3 Å². The largest absolute Gasteiger partial charge is 0.396 e. The summed E-state index contributed by atoms with van der Waals surface area (Å²) in [6, 6.07) is 0. The normalized spacial score (nSPS) is 9.27. The van der Waals surface area contributed by atoms with Crippen molar-refractivity contribution in [3.05, 3.63) is 0 Å². The predicted octanol–water partition coefficient (Wildman–Crippen LogP) is 1.73. The molecule has 0 aromatic heterocycles. The quantitative estimate of drug-likeness (QED) is 0.648. The van der Waals surface area contributed by atoms with Crippen molar-refractivity contribution >= 4 is 17.0 Å². The van der Waals surface area contributed by atoms with Gasteiger partial charge in [-0.3, -0.25) is 0 Å². The Bertz CT molecular complexity index is 54.1. The molecular weight excluding hydrogens is 206 g/mol. The third kappa shape index (κ3) is 13.4. The zero-order valence-electron chi connectivity index (χ0n) is 7.31. The van der Waals surface area contributed by atoms with Crippen molar-refractivity contribution in [3.63, 3.8) is 0 Å². The van der Waals surface area contributed by atoms with Gasteiger partial charge in [0.25, 0.3) is 0 Å². The number of aliphatic hydroxyl groups is 1. The summed E-state index contributed by atoms with van der Waals surface area (Å²) in [5, 5.41) is 11.6. The minimum absolute atomic E-state index is 0. The Morgan fingerprint density at radius 3 is 2.09 bits per heavy atom. The van der Waals surface area contributed by atoms with Crippen LogP contribution >= 0.6 is 17.0 Å². The van der Waals surface area contributed by atoms with Crippen LogP contribution in [0.25, 0.3) is 0 Å². The molecule has 0 saturated heterocycles. The van der Waals surface area contributed by atoms with Gasteiger partial charge >= 0.3 is 0 Å². The van der Waals surface area contributed by atoms with Gasteiger partial charge < -0.3 is 10.4 Å². The van der Waals surface area contributed by atoms with Crippen LogP contribution in [0.1, 0.15) is 32.1 Å². The molecule has 0 fully saturated rings. The first-order valence-corrected chi connectivity index (χ1v) is 4.17. The lowest BCUT2D eigenvalue weighted by molar-refractivity contribution is 0.282. The molecule has 0 radical (unpaired) electrons. The molecule has 0 atom stereocenters. The highest BCUT2D eigenvalue weighted by Crippen LogP contribution is 2.00. The van der Waals surface area contributed by atoms with E-state index in [1.165, 1.54) is 25.7 Å². The molecule has 0 aliphatic rings. The lowest BCUT2D eigenvalue weighted by atomic mass is 10.1. The average molecular weight is 226 g/mol. The van der Waals surface area contributed by atoms with Crippen LogP contribution in [0.15, 0.2) is 0 Å². The molecule has 2 nitrogen and oxygen atoms in total. The van der Waals surface area contributed by atoms with Gasteiger partial charge in [-0.25, -0.2) is 0 Å². The van der Waals surface area contributed by atoms with Crippen molar-refractivity contribution in [1.82, 2.24) is 5.32 Å². The van der Waals surface area contributed by atoms with E-state index in [1.54, 1.807) is 0 Å². The highest BCUT2D eigenvalue weighted by molar-refractivity contribution is 8.93. The fourth-order valence-corrected chi connectivity index (χ4v) is 0.944. The lowest BCUT2D eigenvalue weighted by Crippen LogP contribution is -2.06. The maximum absolute atomic E-state index is 8.46. The molecule has 0 unspecified atom stereocenters. The van der Waals surface area contributed by atoms with E-state index in [9.17, 15) is 0 Å². The van der Waals surface area contributed by atoms with Crippen LogP contribution in [0.3, 0.4) is 0 Å². The van der Waals surface area contributed by atoms with Gasteiger partial charge in [0.2, 0.25) is 0 Å². The standard InChI is InChI=1S/C8H19NO.BrH/c1-9-7-5-3-2-4-6-8-10;/h9-10H,2-8H2,1H3;1H. The Kier molecular flexibility index (Phi) is 16.5. The van der Waals surface area contributed by atoms with Gasteiger partial charge in [0.1, 0.15) is 0 Å². The molecule has 11 heavy (non-hydrogen) atoms. The third-order valence-electron chi connectivity index (χ3n) is 1.58. The third-order valence-corrected chi connectivity index (χ3v) is 1.58. The Balaban J connectivity index is 0. The molecule has 3 heteroatoms. The first-order chi connectivity index (χ1) is 4.91. The lowest BCUT2D eigenvalue weighted by Gasteiger charge is -1.98. The SMILES string of the molecule is Br.CNCCCCCCCO. The summed E-state index contributed by atoms with van der Waals surface area (Å²) in [7, 11) is 1.98. The van der Waals surface area contributed by atoms with Crippen LogP contribution < -0.4 is 5.32 Å². The van der Waals surface area contributed by atoms with E-state index in [0.717, 1.165) is 13.0 Å². The smallest absolute Gasteiger partial charge is 0.0431 e. The molecule has 0 aromatic carbocycles. The number of unbranched alkanes of at least 4 members (excludes halogenated alkanes) is 4. The van der Waals surface area contributed by atoms with Crippen molar-refractivity contribution in [1.29, 1.82) is 0 Å². The van der Waals surface area contributed by atoms with E-state index in [-0.39, 0.29) is 17.0 Å². The molecule has 0 aliphatic carbocycles. The van der Waals surface area contributed by atoms with Gasteiger partial charge in [-0.05, 0) is 26.4 Å². The first kappa shape index (κ1) is 14.0. The number of aliphatic hydroxyl groups excluding tert-OH is 1. The van der Waals surface area contributed by atoms with E-state index in [0.29, 0.717) is 6.61 Å². The van der Waals surface area contributed by atoms with Crippen LogP contribution in [-0.2, 0) is 0 Å². The molecule has 0 spiro atoms. The fraction of sp³-hybridized carbons (Fsp3) is 1.00. The molecule has 0 saturated carbocycles. The van der Waals surface area contributed by atoms with Crippen molar-refractivity contribution in [2.45, 2.75) is 32.1 Å². The van der Waals surface area contributed by atoms with Crippen LogP contribution in [0.5, 0.6) is 0 Å². The number of halogens is 1. The highest BCUT2D eigenvalue weighted by atomic mass is 79.9. The Morgan fingerprint density at radius 1 is 1.00 bits per heavy atom. The van der Waals surface area contributed by atoms with Crippen molar-refractivity contribution in [2.75, 3.05) is 20.2 Å². The maximum Gasteiger partial charge on any atom is 0.0431 e. The average Bonchev–Trinajstić information content (AvgIpc) is 1.97. The van der Waals surface area contributed by atoms with Gasteiger partial charge in [0, 0.05) is 6.61 Å². The molecule has 0 heterocycles. The monoisotopic (exact) mass is 225 g/mol. The second-order valence-electron chi connectivity index (χ2n) is 2.59. The van der Waals surface area contributed by atoms with Gasteiger partial charge in [-0.1, -0.05) is 19.3 Å². The zero-order valence-corrected chi connectivity index (χ0v) is 9.02. The van der Waals surface area contributed by atoms with E-state index >= 15 is 0 Å². The van der Waals surface area contributed by atoms with Gasteiger partial charge in [-0.2, -0.15) is 0 Å². The van der Waals surface area contributed by atoms with E-state index in [2.05, 4.69) is 5.32 Å². The molecule has 2 N–H and O–H groups in total. The van der Waals surface area contributed by atoms with E-state index in [4.69, 9.17) is 5.11 Å². The Hall–Kier alpha value is 0.400. The summed E-state index contributed by atoms with van der Waals surface area (Å²) in [6.07, 6.45) is 5.98. The summed E-state index contributed by atoms with van der Waals surface area (Å²) < 4.78 is 0. The minimum atomic E-state index is 0. The molecule has 0 rings (SSSR count). The Morgan fingerprint density at radius 2 is 1.55 bits per heavy atom. The number of hydrogen-bond donors (Lipinski definition) is 2. The second-order valence-corrected chi connectivity index (χ2v) is 2.59. The molecule has 0 bridgehead atoms. The van der Waals surface area contributed by atoms with Gasteiger partial charge in [-0.15, -0.1) is 17.0 Å². The van der Waals surface area contributed by atoms with Crippen molar-refractivity contribution < 1.29 is 5.11 Å². The van der Waals surface area contributed by atoms with Crippen molar-refractivity contribution in [3.8, 4) is 0 Å². The first-order valence-electron chi connectivity index (χ1n) is 4.17. The molecular formula is C8H20BrNO. The summed E-state index contributed by atoms with van der Waals surface area (Å²) in [4.78, 5) is 0. The van der Waals surface area contributed by atoms with Gasteiger partial charge in [0.15, 0.2) is 0 Å². The van der Waals surface area contributed by atoms with E-state index < -0.39 is 0 Å². The topological polar surface area (TPSA) is 32.3 Å². The van der Waals surface area contributed by atoms with Crippen molar-refractivity contribution in [2.24, 2.45) is 0 Å². The number of rotatable bonds is 7. The van der Waals surface area contributed by atoms with Crippen LogP contribution in [0, 0.1) is 0 Å². The molecule has 70 valence electrons. The van der Waals surface area contributed by atoms with Crippen LogP contribution in [0.4, 0.5) is 0 Å². The number of hydrogen-bond acceptors (Lipinski definition) is 2. The maximum atomic E-state index is 8.46. The summed E-state index contributed by atoms with van der Waals surface area (Å²) in [6.45, 7) is 1.48. The molecule has 0 aromatic rings. The predicted molar refractivity (Wildman–Crippen MR) is 54.4 cm³/mol. The van der Waals surface area contributed by atoms with E-state index in [1.807, 2.05) is 7.05 Å². The van der Waals surface area contributed by atoms with Crippen LogP contribution in [0.2, 0.25) is 0 Å². The summed E-state index contributed by atoms with van der Waals surface area (Å²) in [5.74, 6) is 0. The molecule has 0 aliphatic heterocycles. The summed E-state index contributed by atoms with van der Waals surface area (Å²) >= 11 is 0. The highest BCUT2D eigenvalue weighted by Gasteiger charge is 1.87. The minimum Gasteiger partial charge on any atom is -0.396 e. The summed E-state index contributed by atoms with van der Waals surface area (Å²) in [5.41, 5.74) is 0.